The van der Waals surface area contributed by atoms with Crippen LogP contribution < -0.4 is 23.6 Å². The second-order valence-corrected chi connectivity index (χ2v) is 2.23. The van der Waals surface area contributed by atoms with Crippen molar-refractivity contribution in [3.8, 4) is 5.75 Å². The maximum atomic E-state index is 5.21. The number of para-hydroxylation sites is 1. The molecule has 0 unspecified atom stereocenters. The fourth-order valence-electron chi connectivity index (χ4n) is 0.779. The zero-order valence-electron chi connectivity index (χ0n) is 7.76. The van der Waals surface area contributed by atoms with E-state index in [1.54, 1.807) is 7.11 Å². The van der Waals surface area contributed by atoms with Gasteiger partial charge in [-0.1, -0.05) is 6.92 Å². The molecular weight excluding hydrogens is 147 g/mol. The summed E-state index contributed by atoms with van der Waals surface area (Å²) in [6.45, 7) is 2.25. The summed E-state index contributed by atoms with van der Waals surface area (Å²) in [5.74, 6) is 0.759. The molecule has 0 bridgehead atoms. The van der Waals surface area contributed by atoms with Crippen LogP contribution in [0.4, 0.5) is 0 Å². The molecule has 1 aromatic rings. The van der Waals surface area contributed by atoms with Crippen molar-refractivity contribution in [1.82, 2.24) is 0 Å². The van der Waals surface area contributed by atoms with Crippen LogP contribution in [0, 0.1) is 13.0 Å². The number of ether oxygens (including phenoxy) is 2. The van der Waals surface area contributed by atoms with E-state index in [-0.39, 0.29) is 25.7 Å². The number of hydrogen-bond acceptors (Lipinski definition) is 2. The molecule has 1 aromatic carbocycles. The summed E-state index contributed by atoms with van der Waals surface area (Å²) in [5, 5.41) is 0. The first-order valence-corrected chi connectivity index (χ1v) is 3.43. The zero-order valence-corrected chi connectivity index (χ0v) is 7.76. The normalized spacial score (nSPS) is 8.83. The van der Waals surface area contributed by atoms with Crippen molar-refractivity contribution < 1.29 is 28.3 Å². The van der Waals surface area contributed by atoms with E-state index >= 15 is 0 Å². The van der Waals surface area contributed by atoms with Crippen LogP contribution in [0.1, 0.15) is 5.56 Å². The third kappa shape index (κ3) is 3.32. The van der Waals surface area contributed by atoms with E-state index in [4.69, 9.17) is 9.47 Å². The van der Waals surface area contributed by atoms with Crippen molar-refractivity contribution in [3.63, 3.8) is 0 Å². The van der Waals surface area contributed by atoms with Crippen LogP contribution in [-0.4, -0.2) is 13.9 Å². The van der Waals surface area contributed by atoms with Gasteiger partial charge in [-0.15, -0.1) is 11.6 Å². The summed E-state index contributed by atoms with van der Waals surface area (Å²) >= 11 is 0. The fraction of sp³-hybridized carbons (Fsp3) is 0.333. The van der Waals surface area contributed by atoms with E-state index in [9.17, 15) is 0 Å². The quantitative estimate of drug-likeness (QED) is 0.312. The summed E-state index contributed by atoms with van der Waals surface area (Å²) < 4.78 is 9.97. The summed E-state index contributed by atoms with van der Waals surface area (Å²) in [6, 6.07) is 8.69. The Bertz CT molecular complexity index is 226. The van der Waals surface area contributed by atoms with E-state index in [2.05, 4.69) is 6.07 Å². The zero-order chi connectivity index (χ0) is 8.10. The summed E-state index contributed by atoms with van der Waals surface area (Å²) in [5.41, 5.74) is 1.07. The minimum atomic E-state index is 0. The number of aryl methyl sites for hydroxylation is 1. The Morgan fingerprint density at radius 1 is 1.50 bits per heavy atom. The molecule has 0 amide bonds. The Kier molecular flexibility index (Phi) is 5.92. The SMILES string of the molecule is COCOc1[c-]cccc1C.[Li+]. The molecule has 0 spiro atoms. The summed E-state index contributed by atoms with van der Waals surface area (Å²) in [7, 11) is 1.60. The van der Waals surface area contributed by atoms with Crippen molar-refractivity contribution >= 4 is 0 Å². The molecule has 0 aliphatic heterocycles. The van der Waals surface area contributed by atoms with Gasteiger partial charge in [0.1, 0.15) is 0 Å². The third-order valence-corrected chi connectivity index (χ3v) is 1.34. The van der Waals surface area contributed by atoms with Crippen molar-refractivity contribution in [2.24, 2.45) is 0 Å². The van der Waals surface area contributed by atoms with Gasteiger partial charge in [0.05, 0.1) is 0 Å². The monoisotopic (exact) mass is 158 g/mol. The van der Waals surface area contributed by atoms with Crippen LogP contribution >= 0.6 is 0 Å². The standard InChI is InChI=1S/C9H11O2.Li/c1-8-5-3-4-6-9(8)11-7-10-2;/h3-5H,7H2,1-2H3;/q-1;+1. The molecule has 12 heavy (non-hydrogen) atoms. The predicted molar refractivity (Wildman–Crippen MR) is 42.5 cm³/mol. The van der Waals surface area contributed by atoms with E-state index in [0.29, 0.717) is 0 Å². The molecule has 0 radical (unpaired) electrons. The van der Waals surface area contributed by atoms with Gasteiger partial charge in [-0.05, 0) is 0 Å². The Morgan fingerprint density at radius 2 is 2.25 bits per heavy atom. The first-order valence-electron chi connectivity index (χ1n) is 3.43. The number of rotatable bonds is 3. The van der Waals surface area contributed by atoms with Gasteiger partial charge in [0.25, 0.3) is 0 Å². The predicted octanol–water partition coefficient (Wildman–Crippen LogP) is -1.22. The van der Waals surface area contributed by atoms with Gasteiger partial charge in [0, 0.05) is 12.9 Å². The van der Waals surface area contributed by atoms with Gasteiger partial charge in [0.15, 0.2) is 6.79 Å². The van der Waals surface area contributed by atoms with Crippen LogP contribution in [0.15, 0.2) is 18.2 Å². The minimum Gasteiger partial charge on any atom is -0.493 e. The molecule has 2 nitrogen and oxygen atoms in total. The smallest absolute Gasteiger partial charge is 0.493 e. The molecule has 0 aromatic heterocycles. The first-order chi connectivity index (χ1) is 5.34. The van der Waals surface area contributed by atoms with E-state index in [0.717, 1.165) is 11.3 Å². The molecule has 1 rings (SSSR count). The van der Waals surface area contributed by atoms with Gasteiger partial charge < -0.3 is 9.47 Å². The largest absolute Gasteiger partial charge is 1.00 e. The molecule has 60 valence electrons. The average molecular weight is 158 g/mol. The average Bonchev–Trinajstić information content (AvgIpc) is 2.03. The Morgan fingerprint density at radius 3 is 2.83 bits per heavy atom. The maximum absolute atomic E-state index is 5.21. The summed E-state index contributed by atoms with van der Waals surface area (Å²) in [4.78, 5) is 0. The molecule has 0 aliphatic rings. The Hall–Kier alpha value is -0.423. The van der Waals surface area contributed by atoms with Gasteiger partial charge in [-0.25, -0.2) is 0 Å². The molecule has 0 N–H and O–H groups in total. The molecule has 0 saturated heterocycles. The van der Waals surface area contributed by atoms with Crippen molar-refractivity contribution in [3.05, 3.63) is 29.8 Å². The Labute approximate surface area is 85.1 Å². The fourth-order valence-corrected chi connectivity index (χ4v) is 0.779. The first kappa shape index (κ1) is 11.6. The number of benzene rings is 1. The Balaban J connectivity index is 0.00000121. The topological polar surface area (TPSA) is 18.5 Å². The second-order valence-electron chi connectivity index (χ2n) is 2.23. The van der Waals surface area contributed by atoms with Crippen LogP contribution in [-0.2, 0) is 4.74 Å². The van der Waals surface area contributed by atoms with Gasteiger partial charge in [-0.3, -0.25) is 0 Å². The molecule has 0 atom stereocenters. The molecule has 0 aliphatic carbocycles. The van der Waals surface area contributed by atoms with Crippen molar-refractivity contribution in [1.29, 1.82) is 0 Å². The van der Waals surface area contributed by atoms with Crippen LogP contribution in [0.2, 0.25) is 0 Å². The van der Waals surface area contributed by atoms with Crippen molar-refractivity contribution in [2.45, 2.75) is 6.92 Å². The number of methoxy groups -OCH3 is 1. The molecular formula is C9H11LiO2. The van der Waals surface area contributed by atoms with E-state index in [1.165, 1.54) is 0 Å². The second kappa shape index (κ2) is 6.13. The molecule has 0 saturated carbocycles. The van der Waals surface area contributed by atoms with Crippen LogP contribution in [0.3, 0.4) is 0 Å². The molecule has 0 fully saturated rings. The van der Waals surface area contributed by atoms with Gasteiger partial charge in [-0.2, -0.15) is 18.2 Å². The minimum absolute atomic E-state index is 0. The van der Waals surface area contributed by atoms with Crippen molar-refractivity contribution in [2.75, 3.05) is 13.9 Å². The molecule has 0 heterocycles. The number of hydrogen-bond donors (Lipinski definition) is 0. The van der Waals surface area contributed by atoms with Crippen LogP contribution in [0.25, 0.3) is 0 Å². The van der Waals surface area contributed by atoms with Gasteiger partial charge >= 0.3 is 18.9 Å². The van der Waals surface area contributed by atoms with Gasteiger partial charge in [0.2, 0.25) is 0 Å². The maximum Gasteiger partial charge on any atom is 1.00 e. The third-order valence-electron chi connectivity index (χ3n) is 1.34. The van der Waals surface area contributed by atoms with E-state index in [1.807, 2.05) is 25.1 Å². The van der Waals surface area contributed by atoms with Crippen LogP contribution in [0.5, 0.6) is 5.75 Å². The summed E-state index contributed by atoms with van der Waals surface area (Å²) in [6.07, 6.45) is 0. The molecule has 3 heteroatoms. The van der Waals surface area contributed by atoms with E-state index < -0.39 is 0 Å².